The van der Waals surface area contributed by atoms with Gasteiger partial charge in [-0.05, 0) is 138 Å². The zero-order chi connectivity index (χ0) is 43.9. The minimum absolute atomic E-state index is 0.0618. The van der Waals surface area contributed by atoms with Crippen LogP contribution >= 0.6 is 11.3 Å². The molecule has 8 aromatic carbocycles. The molecule has 1 spiro atoms. The highest BCUT2D eigenvalue weighted by Gasteiger charge is 2.56. The second-order valence-corrected chi connectivity index (χ2v) is 22.9. The second-order valence-electron chi connectivity index (χ2n) is 21.8. The first kappa shape index (κ1) is 38.0. The first-order chi connectivity index (χ1) is 31.4. The molecule has 0 bridgehead atoms. The lowest BCUT2D eigenvalue weighted by atomic mass is 9.42. The minimum Gasteiger partial charge on any atom is -0.376 e. The van der Waals surface area contributed by atoms with Gasteiger partial charge in [-0.15, -0.1) is 11.3 Å². The molecular formula is C61H51BN2S. The number of hydrogen-bond acceptors (Lipinski definition) is 3. The Morgan fingerprint density at radius 2 is 1.18 bits per heavy atom. The van der Waals surface area contributed by atoms with E-state index < -0.39 is 5.41 Å². The van der Waals surface area contributed by atoms with Gasteiger partial charge in [0.05, 0.1) is 11.1 Å². The van der Waals surface area contributed by atoms with Crippen LogP contribution < -0.4 is 20.6 Å². The highest BCUT2D eigenvalue weighted by molar-refractivity contribution is 7.26. The van der Waals surface area contributed by atoms with Crippen LogP contribution in [0, 0.1) is 0 Å². The van der Waals surface area contributed by atoms with Crippen LogP contribution in [0.4, 0.5) is 28.4 Å². The second kappa shape index (κ2) is 12.5. The van der Waals surface area contributed by atoms with Gasteiger partial charge in [-0.1, -0.05) is 164 Å². The zero-order valence-electron chi connectivity index (χ0n) is 38.3. The summed E-state index contributed by atoms with van der Waals surface area (Å²) in [7, 11) is 0. The Bertz CT molecular complexity index is 3540. The molecule has 0 saturated carbocycles. The average Bonchev–Trinajstić information content (AvgIpc) is 3.84. The van der Waals surface area contributed by atoms with E-state index in [0.717, 1.165) is 0 Å². The molecule has 4 heteroatoms. The van der Waals surface area contributed by atoms with Gasteiger partial charge in [0.15, 0.2) is 0 Å². The summed E-state index contributed by atoms with van der Waals surface area (Å²) in [5.74, 6) is 0. The van der Waals surface area contributed by atoms with Crippen LogP contribution in [0.25, 0.3) is 42.4 Å². The van der Waals surface area contributed by atoms with Gasteiger partial charge in [0.1, 0.15) is 0 Å². The van der Waals surface area contributed by atoms with Crippen LogP contribution in [0.15, 0.2) is 158 Å². The molecule has 2 aliphatic carbocycles. The molecule has 3 aliphatic heterocycles. The van der Waals surface area contributed by atoms with E-state index in [4.69, 9.17) is 0 Å². The van der Waals surface area contributed by atoms with Gasteiger partial charge in [0.2, 0.25) is 0 Å². The minimum atomic E-state index is -0.492. The Balaban J connectivity index is 1.16. The van der Waals surface area contributed by atoms with E-state index >= 15 is 0 Å². The van der Waals surface area contributed by atoms with Crippen LogP contribution in [0.1, 0.15) is 100 Å². The van der Waals surface area contributed by atoms with Gasteiger partial charge in [0, 0.05) is 48.5 Å². The summed E-state index contributed by atoms with van der Waals surface area (Å²) < 4.78 is 2.68. The van der Waals surface area contributed by atoms with Crippen molar-refractivity contribution in [2.45, 2.75) is 83.0 Å². The first-order valence-corrected chi connectivity index (χ1v) is 24.5. The summed E-state index contributed by atoms with van der Waals surface area (Å²) in [4.78, 5) is 5.48. The standard InChI is InChI=1S/C61H51BN2S/c1-58(2,3)36-33-41-54-50(29-30-53-55(54)40-19-10-15-26-52(40)65-53)64(37-27-28-44-47(35-37)60(6,7)32-31-59(44,4)5)62-48-24-16-23-46-57(48)63(51(34-36)56(41)62)49-25-14-13-22-45(49)61(46)42-20-11-8-17-38(42)39-18-9-12-21-43(39)61/h8-30,33-35H,31-32H2,1-7H3. The first-order valence-electron chi connectivity index (χ1n) is 23.7. The zero-order valence-corrected chi connectivity index (χ0v) is 39.1. The average molecular weight is 855 g/mol. The Kier molecular flexibility index (Phi) is 7.30. The molecule has 0 fully saturated rings. The van der Waals surface area contributed by atoms with Gasteiger partial charge < -0.3 is 9.71 Å². The maximum absolute atomic E-state index is 2.78. The monoisotopic (exact) mass is 854 g/mol. The predicted octanol–water partition coefficient (Wildman–Crippen LogP) is 15.1. The molecule has 0 amide bonds. The lowest BCUT2D eigenvalue weighted by molar-refractivity contribution is 0.332. The van der Waals surface area contributed by atoms with Crippen LogP contribution in [0.3, 0.4) is 0 Å². The molecule has 14 rings (SSSR count). The van der Waals surface area contributed by atoms with Crippen molar-refractivity contribution in [3.05, 3.63) is 197 Å². The van der Waals surface area contributed by atoms with E-state index in [1.807, 2.05) is 11.3 Å². The van der Waals surface area contributed by atoms with E-state index in [2.05, 4.69) is 216 Å². The molecule has 4 heterocycles. The molecule has 0 saturated heterocycles. The van der Waals surface area contributed by atoms with E-state index in [0.29, 0.717) is 0 Å². The lowest BCUT2D eigenvalue weighted by Crippen LogP contribution is -2.63. The van der Waals surface area contributed by atoms with Gasteiger partial charge in [-0.25, -0.2) is 0 Å². The topological polar surface area (TPSA) is 6.48 Å². The summed E-state index contributed by atoms with van der Waals surface area (Å²) in [6.45, 7) is 16.9. The van der Waals surface area contributed by atoms with Gasteiger partial charge in [-0.2, -0.15) is 0 Å². The Morgan fingerprint density at radius 1 is 0.523 bits per heavy atom. The maximum atomic E-state index is 2.78. The third-order valence-electron chi connectivity index (χ3n) is 16.5. The summed E-state index contributed by atoms with van der Waals surface area (Å²) in [5.41, 5.74) is 23.9. The molecule has 2 nitrogen and oxygen atoms in total. The van der Waals surface area contributed by atoms with E-state index in [-0.39, 0.29) is 23.1 Å². The predicted molar refractivity (Wildman–Crippen MR) is 278 cm³/mol. The molecule has 0 radical (unpaired) electrons. The number of hydrogen-bond donors (Lipinski definition) is 0. The van der Waals surface area contributed by atoms with Gasteiger partial charge in [-0.3, -0.25) is 0 Å². The Hall–Kier alpha value is -6.36. The highest BCUT2D eigenvalue weighted by Crippen LogP contribution is 2.64. The van der Waals surface area contributed by atoms with Gasteiger partial charge >= 0.3 is 6.85 Å². The molecule has 1 aromatic heterocycles. The fourth-order valence-corrected chi connectivity index (χ4v) is 14.4. The van der Waals surface area contributed by atoms with Crippen molar-refractivity contribution < 1.29 is 0 Å². The number of para-hydroxylation sites is 2. The highest BCUT2D eigenvalue weighted by atomic mass is 32.1. The fourth-order valence-electron chi connectivity index (χ4n) is 13.3. The van der Waals surface area contributed by atoms with Crippen molar-refractivity contribution in [3.63, 3.8) is 0 Å². The number of benzene rings is 8. The number of nitrogens with zero attached hydrogens (tertiary/aromatic N) is 2. The smallest absolute Gasteiger partial charge is 0.333 e. The van der Waals surface area contributed by atoms with E-state index in [1.165, 1.54) is 134 Å². The van der Waals surface area contributed by atoms with Crippen LogP contribution in [-0.4, -0.2) is 6.85 Å². The molecule has 314 valence electrons. The molecule has 65 heavy (non-hydrogen) atoms. The van der Waals surface area contributed by atoms with E-state index in [9.17, 15) is 0 Å². The summed E-state index contributed by atoms with van der Waals surface area (Å²) in [6.07, 6.45) is 2.37. The fraction of sp³-hybridized carbons (Fsp3) is 0.213. The number of rotatable bonds is 1. The Morgan fingerprint density at radius 3 is 1.94 bits per heavy atom. The van der Waals surface area contributed by atoms with Crippen molar-refractivity contribution in [1.82, 2.24) is 0 Å². The lowest BCUT2D eigenvalue weighted by Gasteiger charge is -2.52. The Labute approximate surface area is 387 Å². The summed E-state index contributed by atoms with van der Waals surface area (Å²) in [6, 6.07) is 61.8. The SMILES string of the molecule is CC(C)(C)c1cc2c3c(c1)N1c4ccccc4C4(c5ccccc5-c5ccccc54)c4cccc(c41)B3N(c1ccc3c(c1)C(C)(C)CCC3(C)C)c1ccc3sc4ccccc4c3c1-2. The normalized spacial score (nSPS) is 17.3. The van der Waals surface area contributed by atoms with Crippen molar-refractivity contribution in [1.29, 1.82) is 0 Å². The third kappa shape index (κ3) is 4.71. The maximum Gasteiger partial charge on any atom is 0.333 e. The largest absolute Gasteiger partial charge is 0.376 e. The molecule has 9 aromatic rings. The molecular weight excluding hydrogens is 804 g/mol. The van der Waals surface area contributed by atoms with Gasteiger partial charge in [0.25, 0.3) is 0 Å². The number of anilines is 5. The van der Waals surface area contributed by atoms with Crippen LogP contribution in [0.5, 0.6) is 0 Å². The van der Waals surface area contributed by atoms with Crippen molar-refractivity contribution in [2.75, 3.05) is 9.71 Å². The molecule has 0 unspecified atom stereocenters. The van der Waals surface area contributed by atoms with Crippen LogP contribution in [0.2, 0.25) is 0 Å². The van der Waals surface area contributed by atoms with E-state index in [1.54, 1.807) is 0 Å². The molecule has 0 N–H and O–H groups in total. The molecule has 0 atom stereocenters. The number of thiophene rings is 1. The third-order valence-corrected chi connectivity index (χ3v) is 17.6. The van der Waals surface area contributed by atoms with Crippen molar-refractivity contribution in [3.8, 4) is 22.3 Å². The van der Waals surface area contributed by atoms with Crippen LogP contribution in [-0.2, 0) is 21.7 Å². The van der Waals surface area contributed by atoms with Crippen molar-refractivity contribution in [2.24, 2.45) is 0 Å². The number of fused-ring (bicyclic) bond motifs is 18. The molecule has 5 aliphatic rings. The summed E-state index contributed by atoms with van der Waals surface area (Å²) in [5, 5.41) is 2.71. The van der Waals surface area contributed by atoms with Crippen molar-refractivity contribution >= 4 is 77.7 Å². The summed E-state index contributed by atoms with van der Waals surface area (Å²) >= 11 is 1.92. The quantitative estimate of drug-likeness (QED) is 0.152.